The zero-order chi connectivity index (χ0) is 15.3. The largest absolute Gasteiger partial charge is 0.465 e. The lowest BCUT2D eigenvalue weighted by atomic mass is 10.1. The van der Waals surface area contributed by atoms with Crippen LogP contribution in [-0.4, -0.2) is 48.7 Å². The van der Waals surface area contributed by atoms with Crippen LogP contribution in [0.5, 0.6) is 0 Å². The zero-order valence-electron chi connectivity index (χ0n) is 12.0. The number of alkyl halides is 2. The van der Waals surface area contributed by atoms with Gasteiger partial charge in [-0.05, 0) is 27.2 Å². The average Bonchev–Trinajstić information content (AvgIpc) is 2.75. The molecule has 20 heavy (non-hydrogen) atoms. The van der Waals surface area contributed by atoms with Gasteiger partial charge in [-0.1, -0.05) is 0 Å². The maximum Gasteiger partial charge on any atom is 0.410 e. The number of nitrogens with zero attached hydrogens (tertiary/aromatic N) is 1. The number of amides is 1. The van der Waals surface area contributed by atoms with Gasteiger partial charge >= 0.3 is 12.1 Å². The predicted molar refractivity (Wildman–Crippen MR) is 67.5 cm³/mol. The van der Waals surface area contributed by atoms with Crippen molar-refractivity contribution in [2.24, 2.45) is 5.92 Å². The molecular weight excluding hydrogens is 272 g/mol. The third kappa shape index (κ3) is 5.71. The highest BCUT2D eigenvalue weighted by molar-refractivity contribution is 5.75. The Labute approximate surface area is 117 Å². The summed E-state index contributed by atoms with van der Waals surface area (Å²) in [7, 11) is 0. The Kier molecular flexibility index (Phi) is 5.71. The minimum Gasteiger partial charge on any atom is -0.465 e. The van der Waals surface area contributed by atoms with Crippen LogP contribution in [0.1, 0.15) is 33.6 Å². The molecule has 0 saturated carbocycles. The highest BCUT2D eigenvalue weighted by Crippen LogP contribution is 2.20. The van der Waals surface area contributed by atoms with E-state index in [1.165, 1.54) is 4.90 Å². The summed E-state index contributed by atoms with van der Waals surface area (Å²) in [5.41, 5.74) is -0.590. The molecule has 0 N–H and O–H groups in total. The molecule has 1 aliphatic rings. The first-order valence-corrected chi connectivity index (χ1v) is 6.62. The second-order valence-corrected chi connectivity index (χ2v) is 5.76. The Morgan fingerprint density at radius 2 is 2.00 bits per heavy atom. The third-order valence-electron chi connectivity index (χ3n) is 2.75. The van der Waals surface area contributed by atoms with E-state index in [4.69, 9.17) is 9.47 Å². The smallest absolute Gasteiger partial charge is 0.410 e. The molecule has 0 bridgehead atoms. The van der Waals surface area contributed by atoms with Crippen molar-refractivity contribution in [3.8, 4) is 0 Å². The van der Waals surface area contributed by atoms with Crippen molar-refractivity contribution >= 4 is 12.1 Å². The van der Waals surface area contributed by atoms with Crippen LogP contribution in [0.15, 0.2) is 0 Å². The van der Waals surface area contributed by atoms with Crippen LogP contribution in [0.25, 0.3) is 0 Å². The molecule has 1 heterocycles. The van der Waals surface area contributed by atoms with Gasteiger partial charge in [-0.2, -0.15) is 0 Å². The molecule has 1 saturated heterocycles. The minimum absolute atomic E-state index is 0.211. The molecule has 5 nitrogen and oxygen atoms in total. The fraction of sp³-hybridized carbons (Fsp3) is 0.846. The fourth-order valence-corrected chi connectivity index (χ4v) is 1.81. The van der Waals surface area contributed by atoms with E-state index in [2.05, 4.69) is 0 Å². The van der Waals surface area contributed by atoms with E-state index in [0.29, 0.717) is 13.0 Å². The predicted octanol–water partition coefficient (Wildman–Crippen LogP) is 2.44. The van der Waals surface area contributed by atoms with Crippen LogP contribution in [-0.2, 0) is 14.3 Å². The quantitative estimate of drug-likeness (QED) is 0.747. The summed E-state index contributed by atoms with van der Waals surface area (Å²) in [6.45, 7) is 5.61. The number of likely N-dealkylation sites (tertiary alicyclic amines) is 1. The second-order valence-electron chi connectivity index (χ2n) is 5.76. The maximum absolute atomic E-state index is 11.9. The summed E-state index contributed by atoms with van der Waals surface area (Å²) >= 11 is 0. The number of hydrogen-bond acceptors (Lipinski definition) is 4. The number of ether oxygens (including phenoxy) is 2. The van der Waals surface area contributed by atoms with Gasteiger partial charge in [0.05, 0.1) is 12.5 Å². The lowest BCUT2D eigenvalue weighted by molar-refractivity contribution is -0.148. The summed E-state index contributed by atoms with van der Waals surface area (Å²) in [6, 6.07) is 0. The van der Waals surface area contributed by atoms with Crippen molar-refractivity contribution in [3.63, 3.8) is 0 Å². The number of rotatable bonds is 4. The highest BCUT2D eigenvalue weighted by Gasteiger charge is 2.34. The van der Waals surface area contributed by atoms with Crippen LogP contribution in [0, 0.1) is 5.92 Å². The van der Waals surface area contributed by atoms with Crippen LogP contribution in [0.2, 0.25) is 0 Å². The Bertz CT molecular complexity index is 355. The molecule has 1 unspecified atom stereocenters. The van der Waals surface area contributed by atoms with Gasteiger partial charge in [0.15, 0.2) is 0 Å². The first-order chi connectivity index (χ1) is 9.19. The second kappa shape index (κ2) is 6.85. The molecule has 116 valence electrons. The van der Waals surface area contributed by atoms with E-state index in [9.17, 15) is 18.4 Å². The summed E-state index contributed by atoms with van der Waals surface area (Å²) in [5.74, 6) is -0.989. The Morgan fingerprint density at radius 3 is 2.55 bits per heavy atom. The summed E-state index contributed by atoms with van der Waals surface area (Å²) < 4.78 is 33.8. The SMILES string of the molecule is CC(C)(C)OC(=O)N1CCC(C(=O)OCCC(F)F)C1. The van der Waals surface area contributed by atoms with E-state index >= 15 is 0 Å². The third-order valence-corrected chi connectivity index (χ3v) is 2.75. The Balaban J connectivity index is 2.35. The number of carbonyl (C=O) groups is 2. The summed E-state index contributed by atoms with van der Waals surface area (Å²) in [6.07, 6.45) is -2.95. The van der Waals surface area contributed by atoms with E-state index < -0.39 is 36.4 Å². The summed E-state index contributed by atoms with van der Waals surface area (Å²) in [4.78, 5) is 24.9. The molecule has 1 rings (SSSR count). The first-order valence-electron chi connectivity index (χ1n) is 6.62. The van der Waals surface area contributed by atoms with Gasteiger partial charge in [-0.15, -0.1) is 0 Å². The molecular formula is C13H21F2NO4. The standard InChI is InChI=1S/C13H21F2NO4/c1-13(2,3)20-12(18)16-6-4-9(8-16)11(17)19-7-5-10(14)15/h9-10H,4-8H2,1-3H3. The van der Waals surface area contributed by atoms with Crippen molar-refractivity contribution in [2.75, 3.05) is 19.7 Å². The molecule has 0 radical (unpaired) electrons. The average molecular weight is 293 g/mol. The fourth-order valence-electron chi connectivity index (χ4n) is 1.81. The Morgan fingerprint density at radius 1 is 1.35 bits per heavy atom. The first kappa shape index (κ1) is 16.7. The van der Waals surface area contributed by atoms with Gasteiger partial charge in [0.2, 0.25) is 6.43 Å². The number of esters is 1. The lowest BCUT2D eigenvalue weighted by Gasteiger charge is -2.24. The van der Waals surface area contributed by atoms with Crippen LogP contribution in [0.3, 0.4) is 0 Å². The van der Waals surface area contributed by atoms with Crippen molar-refractivity contribution < 1.29 is 27.8 Å². The van der Waals surface area contributed by atoms with Crippen LogP contribution >= 0.6 is 0 Å². The molecule has 0 aliphatic carbocycles. The monoisotopic (exact) mass is 293 g/mol. The molecule has 0 spiro atoms. The molecule has 1 amide bonds. The van der Waals surface area contributed by atoms with E-state index in [-0.39, 0.29) is 13.2 Å². The molecule has 1 fully saturated rings. The number of carbonyl (C=O) groups excluding carboxylic acids is 2. The van der Waals surface area contributed by atoms with Crippen molar-refractivity contribution in [1.29, 1.82) is 0 Å². The van der Waals surface area contributed by atoms with Crippen molar-refractivity contribution in [1.82, 2.24) is 4.90 Å². The number of hydrogen-bond donors (Lipinski definition) is 0. The molecule has 7 heteroatoms. The van der Waals surface area contributed by atoms with Crippen molar-refractivity contribution in [2.45, 2.75) is 45.6 Å². The van der Waals surface area contributed by atoms with Gasteiger partial charge in [-0.25, -0.2) is 13.6 Å². The molecule has 1 atom stereocenters. The van der Waals surface area contributed by atoms with E-state index in [1.807, 2.05) is 0 Å². The molecule has 0 aromatic rings. The van der Waals surface area contributed by atoms with E-state index in [0.717, 1.165) is 0 Å². The van der Waals surface area contributed by atoms with Gasteiger partial charge < -0.3 is 14.4 Å². The van der Waals surface area contributed by atoms with Crippen molar-refractivity contribution in [3.05, 3.63) is 0 Å². The van der Waals surface area contributed by atoms with Crippen LogP contribution < -0.4 is 0 Å². The summed E-state index contributed by atoms with van der Waals surface area (Å²) in [5, 5.41) is 0. The minimum atomic E-state index is -2.48. The van der Waals surface area contributed by atoms with Gasteiger partial charge in [0, 0.05) is 19.5 Å². The molecule has 1 aliphatic heterocycles. The van der Waals surface area contributed by atoms with Crippen LogP contribution in [0.4, 0.5) is 13.6 Å². The van der Waals surface area contributed by atoms with Gasteiger partial charge in [0.25, 0.3) is 0 Å². The topological polar surface area (TPSA) is 55.8 Å². The normalized spacial score (nSPS) is 19.3. The number of halogens is 2. The van der Waals surface area contributed by atoms with Gasteiger partial charge in [-0.3, -0.25) is 4.79 Å². The zero-order valence-corrected chi connectivity index (χ0v) is 12.0. The maximum atomic E-state index is 11.9. The lowest BCUT2D eigenvalue weighted by Crippen LogP contribution is -2.36. The highest BCUT2D eigenvalue weighted by atomic mass is 19.3. The van der Waals surface area contributed by atoms with Gasteiger partial charge in [0.1, 0.15) is 5.60 Å². The van der Waals surface area contributed by atoms with E-state index in [1.54, 1.807) is 20.8 Å². The molecule has 0 aromatic heterocycles. The Hall–Kier alpha value is -1.40. The molecule has 0 aromatic carbocycles.